The Labute approximate surface area is 224 Å². The molecule has 0 spiro atoms. The molecule has 2 atom stereocenters. The van der Waals surface area contributed by atoms with E-state index in [1.165, 1.54) is 11.8 Å². The minimum Gasteiger partial charge on any atom is -0.368 e. The first kappa shape index (κ1) is 26.1. The van der Waals surface area contributed by atoms with Gasteiger partial charge in [0.2, 0.25) is 0 Å². The Kier molecular flexibility index (Phi) is 6.85. The number of anilines is 3. The van der Waals surface area contributed by atoms with Gasteiger partial charge in [0.1, 0.15) is 21.5 Å². The lowest BCUT2D eigenvalue weighted by atomic mass is 9.88. The Hall–Kier alpha value is -3.53. The third-order valence-electron chi connectivity index (χ3n) is 7.36. The molecule has 4 aromatic rings. The van der Waals surface area contributed by atoms with E-state index in [0.29, 0.717) is 23.4 Å². The van der Waals surface area contributed by atoms with E-state index >= 15 is 0 Å². The molecule has 0 radical (unpaired) electrons. The minimum absolute atomic E-state index is 0.138. The van der Waals surface area contributed by atoms with Gasteiger partial charge >= 0.3 is 0 Å². The smallest absolute Gasteiger partial charge is 0.164 e. The Morgan fingerprint density at radius 2 is 1.92 bits per heavy atom. The molecule has 38 heavy (non-hydrogen) atoms. The van der Waals surface area contributed by atoms with Gasteiger partial charge in [0.15, 0.2) is 5.82 Å². The summed E-state index contributed by atoms with van der Waals surface area (Å²) in [4.78, 5) is 16.2. The molecule has 1 saturated heterocycles. The van der Waals surface area contributed by atoms with Gasteiger partial charge in [-0.25, -0.2) is 23.4 Å². The van der Waals surface area contributed by atoms with Gasteiger partial charge in [0, 0.05) is 61.5 Å². The predicted octanol–water partition coefficient (Wildman–Crippen LogP) is 4.72. The molecule has 1 aliphatic rings. The van der Waals surface area contributed by atoms with Crippen LogP contribution in [-0.2, 0) is 23.3 Å². The number of aryl methyl sites for hydroxylation is 2. The Balaban J connectivity index is 1.46. The molecule has 4 heterocycles. The molecule has 0 aliphatic carbocycles. The maximum Gasteiger partial charge on any atom is 0.164 e. The maximum atomic E-state index is 11.8. The maximum absolute atomic E-state index is 11.8. The largest absolute Gasteiger partial charge is 0.368 e. The number of sulfone groups is 1. The quantitative estimate of drug-likeness (QED) is 0.347. The van der Waals surface area contributed by atoms with Crippen LogP contribution in [0.4, 0.5) is 17.3 Å². The van der Waals surface area contributed by atoms with E-state index in [4.69, 9.17) is 9.97 Å². The lowest BCUT2D eigenvalue weighted by Gasteiger charge is -2.48. The van der Waals surface area contributed by atoms with Gasteiger partial charge in [-0.2, -0.15) is 5.10 Å². The van der Waals surface area contributed by atoms with Crippen molar-refractivity contribution in [1.29, 1.82) is 0 Å². The van der Waals surface area contributed by atoms with Crippen molar-refractivity contribution in [2.75, 3.05) is 28.8 Å². The molecule has 9 nitrogen and oxygen atoms in total. The first-order valence-corrected chi connectivity index (χ1v) is 15.1. The second-order valence-electron chi connectivity index (χ2n) is 10.6. The first-order valence-electron chi connectivity index (χ1n) is 13.0. The van der Waals surface area contributed by atoms with E-state index in [2.05, 4.69) is 66.2 Å². The second-order valence-corrected chi connectivity index (χ2v) is 12.8. The standard InChI is InChI=1S/C28H35N7O2S/c1-7-24-23(15-34(5)33-24)28-29-11-10-26(32-28)31-27-12-21-20(17(2)3)8-9-25(22(21)13-30-27)35-14-19(18(35)4)16-38(6,36)37/h8-13,15,17-19H,7,14,16H2,1-6H3,(H,29,30,31,32)/t18-,19-/m1/s1. The molecule has 0 amide bonds. The van der Waals surface area contributed by atoms with Gasteiger partial charge < -0.3 is 10.2 Å². The van der Waals surface area contributed by atoms with E-state index in [1.54, 1.807) is 10.9 Å². The fraction of sp³-hybridized carbons (Fsp3) is 0.429. The van der Waals surface area contributed by atoms with E-state index in [0.717, 1.165) is 40.7 Å². The first-order chi connectivity index (χ1) is 18.0. The van der Waals surface area contributed by atoms with Crippen LogP contribution in [0, 0.1) is 5.92 Å². The number of nitrogens with zero attached hydrogens (tertiary/aromatic N) is 6. The molecular weight excluding hydrogens is 498 g/mol. The monoisotopic (exact) mass is 533 g/mol. The Bertz CT molecular complexity index is 1600. The highest BCUT2D eigenvalue weighted by molar-refractivity contribution is 7.90. The van der Waals surface area contributed by atoms with Crippen molar-refractivity contribution in [2.24, 2.45) is 13.0 Å². The zero-order valence-electron chi connectivity index (χ0n) is 22.8. The topological polar surface area (TPSA) is 106 Å². The Morgan fingerprint density at radius 3 is 2.61 bits per heavy atom. The van der Waals surface area contributed by atoms with Crippen LogP contribution in [0.1, 0.15) is 44.9 Å². The van der Waals surface area contributed by atoms with Crippen molar-refractivity contribution < 1.29 is 8.42 Å². The number of fused-ring (bicyclic) bond motifs is 1. The van der Waals surface area contributed by atoms with Gasteiger partial charge in [-0.3, -0.25) is 4.68 Å². The molecule has 3 aromatic heterocycles. The zero-order valence-corrected chi connectivity index (χ0v) is 23.6. The fourth-order valence-corrected chi connectivity index (χ4v) is 6.49. The number of nitrogens with one attached hydrogen (secondary N) is 1. The average molecular weight is 534 g/mol. The second kappa shape index (κ2) is 9.98. The van der Waals surface area contributed by atoms with Crippen LogP contribution in [0.5, 0.6) is 0 Å². The van der Waals surface area contributed by atoms with Crippen LogP contribution in [0.25, 0.3) is 22.2 Å². The molecule has 0 unspecified atom stereocenters. The minimum atomic E-state index is -3.00. The van der Waals surface area contributed by atoms with Crippen LogP contribution < -0.4 is 10.2 Å². The summed E-state index contributed by atoms with van der Waals surface area (Å²) in [6, 6.07) is 8.39. The summed E-state index contributed by atoms with van der Waals surface area (Å²) >= 11 is 0. The fourth-order valence-electron chi connectivity index (χ4n) is 5.33. The van der Waals surface area contributed by atoms with E-state index in [9.17, 15) is 8.42 Å². The third kappa shape index (κ3) is 5.09. The molecule has 10 heteroatoms. The number of pyridine rings is 1. The summed E-state index contributed by atoms with van der Waals surface area (Å²) in [7, 11) is -1.10. The van der Waals surface area contributed by atoms with Crippen molar-refractivity contribution in [3.8, 4) is 11.4 Å². The van der Waals surface area contributed by atoms with Gasteiger partial charge in [-0.1, -0.05) is 26.8 Å². The zero-order chi connectivity index (χ0) is 27.2. The summed E-state index contributed by atoms with van der Waals surface area (Å²) in [5.74, 6) is 2.68. The number of rotatable bonds is 8. The van der Waals surface area contributed by atoms with Crippen molar-refractivity contribution in [2.45, 2.75) is 46.1 Å². The number of hydrogen-bond donors (Lipinski definition) is 1. The van der Waals surface area contributed by atoms with Crippen molar-refractivity contribution in [3.05, 3.63) is 54.1 Å². The number of benzene rings is 1. The van der Waals surface area contributed by atoms with E-state index in [-0.39, 0.29) is 17.7 Å². The summed E-state index contributed by atoms with van der Waals surface area (Å²) in [5.41, 5.74) is 4.21. The molecule has 0 saturated carbocycles. The highest BCUT2D eigenvalue weighted by atomic mass is 32.2. The number of hydrogen-bond acceptors (Lipinski definition) is 8. The van der Waals surface area contributed by atoms with Gasteiger partial charge in [0.05, 0.1) is 17.0 Å². The van der Waals surface area contributed by atoms with Crippen molar-refractivity contribution in [1.82, 2.24) is 24.7 Å². The lowest BCUT2D eigenvalue weighted by Crippen LogP contribution is -2.57. The number of aromatic nitrogens is 5. The predicted molar refractivity (Wildman–Crippen MR) is 153 cm³/mol. The van der Waals surface area contributed by atoms with Crippen LogP contribution in [0.3, 0.4) is 0 Å². The molecular formula is C28H35N7O2S. The highest BCUT2D eigenvalue weighted by Crippen LogP contribution is 2.39. The van der Waals surface area contributed by atoms with Crippen molar-refractivity contribution >= 4 is 37.9 Å². The SMILES string of the molecule is CCc1nn(C)cc1-c1nccc(Nc2cc3c(C(C)C)ccc(N4C[C@H](CS(C)(=O)=O)[C@H]4C)c3cn2)n1. The van der Waals surface area contributed by atoms with E-state index < -0.39 is 9.84 Å². The molecule has 1 aliphatic heterocycles. The summed E-state index contributed by atoms with van der Waals surface area (Å²) in [6.45, 7) is 9.27. The van der Waals surface area contributed by atoms with Crippen molar-refractivity contribution in [3.63, 3.8) is 0 Å². The van der Waals surface area contributed by atoms with Crippen LogP contribution in [0.15, 0.2) is 42.9 Å². The Morgan fingerprint density at radius 1 is 1.13 bits per heavy atom. The molecule has 0 bridgehead atoms. The summed E-state index contributed by atoms with van der Waals surface area (Å²) < 4.78 is 25.4. The molecule has 1 fully saturated rings. The lowest BCUT2D eigenvalue weighted by molar-refractivity contribution is 0.342. The normalized spacial score (nSPS) is 17.7. The molecule has 200 valence electrons. The third-order valence-corrected chi connectivity index (χ3v) is 8.39. The molecule has 1 aromatic carbocycles. The van der Waals surface area contributed by atoms with Crippen LogP contribution in [0.2, 0.25) is 0 Å². The van der Waals surface area contributed by atoms with E-state index in [1.807, 2.05) is 25.5 Å². The highest BCUT2D eigenvalue weighted by Gasteiger charge is 2.38. The van der Waals surface area contributed by atoms with Crippen LogP contribution >= 0.6 is 0 Å². The molecule has 5 rings (SSSR count). The summed E-state index contributed by atoms with van der Waals surface area (Å²) in [5, 5.41) is 10.1. The van der Waals surface area contributed by atoms with Crippen LogP contribution in [-0.4, -0.2) is 57.7 Å². The van der Waals surface area contributed by atoms with Gasteiger partial charge in [-0.05, 0) is 48.4 Å². The van der Waals surface area contributed by atoms with Gasteiger partial charge in [0.25, 0.3) is 0 Å². The van der Waals surface area contributed by atoms with Gasteiger partial charge in [-0.15, -0.1) is 0 Å². The average Bonchev–Trinajstić information content (AvgIpc) is 3.26. The summed E-state index contributed by atoms with van der Waals surface area (Å²) in [6.07, 6.45) is 7.71. The molecule has 1 N–H and O–H groups in total.